The number of unbranched alkanes of at least 4 members (excludes halogenated alkanes) is 3. The molecule has 12 nitrogen and oxygen atoms in total. The van der Waals surface area contributed by atoms with E-state index >= 15 is 0 Å². The highest BCUT2D eigenvalue weighted by molar-refractivity contribution is 9.09. The zero-order valence-corrected chi connectivity index (χ0v) is 31.9. The summed E-state index contributed by atoms with van der Waals surface area (Å²) in [5, 5.41) is 12.3. The highest BCUT2D eigenvalue weighted by Gasteiger charge is 2.77. The van der Waals surface area contributed by atoms with Crippen molar-refractivity contribution in [1.82, 2.24) is 20.0 Å². The highest BCUT2D eigenvalue weighted by Crippen LogP contribution is 2.60. The van der Waals surface area contributed by atoms with E-state index in [1.54, 1.807) is 28.9 Å². The smallest absolute Gasteiger partial charge is 0.313 e. The third-order valence-corrected chi connectivity index (χ3v) is 11.7. The molecule has 0 radical (unpaired) electrons. The Bertz CT molecular complexity index is 1410. The van der Waals surface area contributed by atoms with Crippen LogP contribution < -0.4 is 5.32 Å². The predicted molar refractivity (Wildman–Crippen MR) is 199 cm³/mol. The zero-order chi connectivity index (χ0) is 37.3. The van der Waals surface area contributed by atoms with E-state index in [0.717, 1.165) is 25.9 Å². The van der Waals surface area contributed by atoms with E-state index in [0.29, 0.717) is 70.6 Å². The van der Waals surface area contributed by atoms with Crippen LogP contribution in [0.4, 0.5) is 0 Å². The van der Waals surface area contributed by atoms with Crippen LogP contribution in [-0.2, 0) is 33.4 Å². The predicted octanol–water partition coefficient (Wildman–Crippen LogP) is 3.39. The molecule has 0 aliphatic carbocycles. The summed E-state index contributed by atoms with van der Waals surface area (Å²) >= 11 is 3.77. The summed E-state index contributed by atoms with van der Waals surface area (Å²) in [6, 6.07) is 7.74. The first-order chi connectivity index (χ1) is 25.2. The summed E-state index contributed by atoms with van der Waals surface area (Å²) in [5.41, 5.74) is -0.523. The van der Waals surface area contributed by atoms with Crippen molar-refractivity contribution in [2.45, 2.75) is 86.6 Å². The standard InChI is InChI=1S/C39H55BrN4O8/c1-4-6-16-30(46)41-27(3)33(28-14-10-9-11-15-28)51-38(49)31-32-36(47)44(18-12-7-8-13-23-45)35(39(32)26-29(40)34(31)52-39)37(48)43(17-5-2)20-19-42-21-24-50-25-22-42/h4-5,9-11,14-15,27,29,31-35,45H,1-2,6-8,12-13,16-26H2,3H3,(H,41,46)/t27-,29?,31+,32-,33-,34+,35+,39-/m0/s1. The molecule has 13 heteroatoms. The van der Waals surface area contributed by atoms with Gasteiger partial charge in [-0.3, -0.25) is 24.1 Å². The second kappa shape index (κ2) is 18.8. The zero-order valence-electron chi connectivity index (χ0n) is 30.3. The van der Waals surface area contributed by atoms with Crippen LogP contribution in [-0.4, -0.2) is 131 Å². The number of morpholine rings is 1. The van der Waals surface area contributed by atoms with Gasteiger partial charge in [-0.15, -0.1) is 13.2 Å². The number of benzene rings is 1. The summed E-state index contributed by atoms with van der Waals surface area (Å²) in [7, 11) is 0. The fraction of sp³-hybridized carbons (Fsp3) is 0.641. The minimum atomic E-state index is -1.23. The van der Waals surface area contributed by atoms with E-state index in [1.165, 1.54) is 0 Å². The lowest BCUT2D eigenvalue weighted by molar-refractivity contribution is -0.162. The quantitative estimate of drug-likeness (QED) is 0.0883. The van der Waals surface area contributed by atoms with E-state index < -0.39 is 47.7 Å². The Morgan fingerprint density at radius 3 is 2.54 bits per heavy atom. The van der Waals surface area contributed by atoms with Crippen LogP contribution in [0, 0.1) is 11.8 Å². The molecule has 4 fully saturated rings. The number of aliphatic hydroxyl groups excluding tert-OH is 1. The Morgan fingerprint density at radius 2 is 1.85 bits per heavy atom. The van der Waals surface area contributed by atoms with Gasteiger partial charge >= 0.3 is 5.97 Å². The second-order valence-electron chi connectivity index (χ2n) is 14.3. The Labute approximate surface area is 316 Å². The number of rotatable bonds is 20. The van der Waals surface area contributed by atoms with Crippen LogP contribution in [0.25, 0.3) is 0 Å². The maximum absolute atomic E-state index is 14.8. The van der Waals surface area contributed by atoms with Crippen molar-refractivity contribution in [3.63, 3.8) is 0 Å². The maximum atomic E-state index is 14.8. The van der Waals surface area contributed by atoms with E-state index in [1.807, 2.05) is 30.3 Å². The average molecular weight is 788 g/mol. The summed E-state index contributed by atoms with van der Waals surface area (Å²) in [4.78, 5) is 62.0. The van der Waals surface area contributed by atoms with Gasteiger partial charge in [0, 0.05) is 57.1 Å². The molecule has 1 aromatic rings. The number of hydrogen-bond acceptors (Lipinski definition) is 9. The molecule has 1 spiro atoms. The molecule has 5 rings (SSSR count). The molecule has 2 N–H and O–H groups in total. The molecule has 2 bridgehead atoms. The van der Waals surface area contributed by atoms with Gasteiger partial charge in [0.2, 0.25) is 17.7 Å². The lowest BCUT2D eigenvalue weighted by atomic mass is 9.70. The van der Waals surface area contributed by atoms with Crippen LogP contribution in [0.3, 0.4) is 0 Å². The first-order valence-electron chi connectivity index (χ1n) is 18.8. The third kappa shape index (κ3) is 8.81. The molecule has 1 unspecified atom stereocenters. The van der Waals surface area contributed by atoms with Crippen LogP contribution in [0.1, 0.15) is 63.5 Å². The van der Waals surface area contributed by atoms with Crippen molar-refractivity contribution in [2.75, 3.05) is 59.1 Å². The van der Waals surface area contributed by atoms with Gasteiger partial charge < -0.3 is 34.4 Å². The first-order valence-corrected chi connectivity index (χ1v) is 19.7. The molecule has 4 aliphatic rings. The van der Waals surface area contributed by atoms with Crippen molar-refractivity contribution < 1.29 is 38.5 Å². The van der Waals surface area contributed by atoms with Gasteiger partial charge in [0.15, 0.2) is 0 Å². The van der Waals surface area contributed by atoms with E-state index in [2.05, 4.69) is 39.3 Å². The Hall–Kier alpha value is -3.10. The molecule has 4 aliphatic heterocycles. The molecule has 0 aromatic heterocycles. The van der Waals surface area contributed by atoms with Gasteiger partial charge in [-0.25, -0.2) is 0 Å². The number of halogens is 1. The van der Waals surface area contributed by atoms with Crippen LogP contribution in [0.15, 0.2) is 55.6 Å². The number of amides is 3. The number of carbonyl (C=O) groups excluding carboxylic acids is 4. The van der Waals surface area contributed by atoms with Crippen molar-refractivity contribution in [3.05, 3.63) is 61.2 Å². The summed E-state index contributed by atoms with van der Waals surface area (Å²) in [6.07, 6.45) is 5.91. The molecular weight excluding hydrogens is 732 g/mol. The largest absolute Gasteiger partial charge is 0.455 e. The number of carbonyl (C=O) groups is 4. The molecular formula is C39H55BrN4O8. The molecule has 286 valence electrons. The van der Waals surface area contributed by atoms with Crippen molar-refractivity contribution in [3.8, 4) is 0 Å². The fourth-order valence-corrected chi connectivity index (χ4v) is 9.26. The number of alkyl halides is 1. The van der Waals surface area contributed by atoms with Crippen molar-refractivity contribution in [1.29, 1.82) is 0 Å². The molecule has 8 atom stereocenters. The third-order valence-electron chi connectivity index (χ3n) is 10.8. The fourth-order valence-electron chi connectivity index (χ4n) is 8.31. The van der Waals surface area contributed by atoms with Gasteiger partial charge in [-0.2, -0.15) is 0 Å². The van der Waals surface area contributed by atoms with Gasteiger partial charge in [0.25, 0.3) is 0 Å². The number of nitrogens with zero attached hydrogens (tertiary/aromatic N) is 3. The summed E-state index contributed by atoms with van der Waals surface area (Å²) in [5.74, 6) is -3.15. The van der Waals surface area contributed by atoms with Crippen LogP contribution in [0.5, 0.6) is 0 Å². The van der Waals surface area contributed by atoms with E-state index in [9.17, 15) is 24.3 Å². The van der Waals surface area contributed by atoms with E-state index in [4.69, 9.17) is 14.2 Å². The molecule has 4 saturated heterocycles. The van der Waals surface area contributed by atoms with E-state index in [-0.39, 0.29) is 35.6 Å². The maximum Gasteiger partial charge on any atom is 0.313 e. The summed E-state index contributed by atoms with van der Waals surface area (Å²) < 4.78 is 18.6. The highest BCUT2D eigenvalue weighted by atomic mass is 79.9. The number of ether oxygens (including phenoxy) is 3. The molecule has 1 aromatic carbocycles. The van der Waals surface area contributed by atoms with Crippen molar-refractivity contribution in [2.24, 2.45) is 11.8 Å². The number of allylic oxidation sites excluding steroid dienone is 1. The van der Waals surface area contributed by atoms with Gasteiger partial charge in [0.1, 0.15) is 17.7 Å². The Morgan fingerprint density at radius 1 is 1.12 bits per heavy atom. The summed E-state index contributed by atoms with van der Waals surface area (Å²) in [6.45, 7) is 14.1. The first kappa shape index (κ1) is 40.1. The SMILES string of the molecule is C=CCCC(=O)N[C@@H](C)[C@H](OC(=O)[C@H]1[C@@H]2O[C@@]3(CC2Br)[C@@H]1C(=O)N(CCCCCCO)[C@@H]3C(=O)N(CC=C)CCN1CCOCC1)c1ccccc1. The number of nitrogens with one attached hydrogen (secondary N) is 1. The van der Waals surface area contributed by atoms with Gasteiger partial charge in [-0.05, 0) is 38.2 Å². The minimum Gasteiger partial charge on any atom is -0.455 e. The minimum absolute atomic E-state index is 0.0986. The molecule has 3 amide bonds. The lowest BCUT2D eigenvalue weighted by Gasteiger charge is -2.38. The normalized spacial score (nSPS) is 27.9. The average Bonchev–Trinajstić information content (AvgIpc) is 3.74. The van der Waals surface area contributed by atoms with Crippen LogP contribution >= 0.6 is 15.9 Å². The lowest BCUT2D eigenvalue weighted by Crippen LogP contribution is -2.57. The van der Waals surface area contributed by atoms with Crippen molar-refractivity contribution >= 4 is 39.6 Å². The second-order valence-corrected chi connectivity index (χ2v) is 15.5. The van der Waals surface area contributed by atoms with Gasteiger partial charge in [0.05, 0.1) is 37.2 Å². The number of likely N-dealkylation sites (tertiary alicyclic amines) is 1. The number of aliphatic hydroxyl groups is 1. The monoisotopic (exact) mass is 786 g/mol. The molecule has 52 heavy (non-hydrogen) atoms. The van der Waals surface area contributed by atoms with Crippen LogP contribution in [0.2, 0.25) is 0 Å². The Kier molecular flexibility index (Phi) is 14.5. The Balaban J connectivity index is 1.43. The number of esters is 1. The molecule has 0 saturated carbocycles. The topological polar surface area (TPSA) is 138 Å². The molecule has 4 heterocycles. The number of fused-ring (bicyclic) bond motifs is 1. The van der Waals surface area contributed by atoms with Gasteiger partial charge in [-0.1, -0.05) is 71.3 Å². The number of hydrogen-bond donors (Lipinski definition) is 2.